The van der Waals surface area contributed by atoms with Crippen molar-refractivity contribution >= 4 is 0 Å². The lowest BCUT2D eigenvalue weighted by molar-refractivity contribution is 0.124. The highest BCUT2D eigenvalue weighted by Crippen LogP contribution is 2.07. The molecule has 1 fully saturated rings. The first kappa shape index (κ1) is 13.5. The molecule has 1 aliphatic heterocycles. The fraction of sp³-hybridized carbons (Fsp3) is 0.769. The average Bonchev–Trinajstić information content (AvgIpc) is 2.97. The molecule has 0 radical (unpaired) electrons. The van der Waals surface area contributed by atoms with Crippen LogP contribution >= 0.6 is 0 Å². The molecule has 1 aliphatic rings. The SMILES string of the molecule is Cn1ccnc1CCNCC(O)CN1CCCC1. The van der Waals surface area contributed by atoms with Crippen molar-refractivity contribution in [2.75, 3.05) is 32.7 Å². The minimum atomic E-state index is -0.260. The van der Waals surface area contributed by atoms with Crippen molar-refractivity contribution in [1.29, 1.82) is 0 Å². The molecule has 0 aromatic carbocycles. The summed E-state index contributed by atoms with van der Waals surface area (Å²) in [5.41, 5.74) is 0. The summed E-state index contributed by atoms with van der Waals surface area (Å²) in [7, 11) is 2.00. The van der Waals surface area contributed by atoms with Gasteiger partial charge in [-0.05, 0) is 25.9 Å². The Morgan fingerprint density at radius 2 is 2.22 bits per heavy atom. The number of likely N-dealkylation sites (tertiary alicyclic amines) is 1. The zero-order valence-electron chi connectivity index (χ0n) is 11.2. The predicted molar refractivity (Wildman–Crippen MR) is 71.5 cm³/mol. The van der Waals surface area contributed by atoms with Gasteiger partial charge in [-0.15, -0.1) is 0 Å². The largest absolute Gasteiger partial charge is 0.390 e. The van der Waals surface area contributed by atoms with E-state index in [9.17, 15) is 5.11 Å². The molecule has 2 heterocycles. The molecule has 5 heteroatoms. The molecule has 0 saturated carbocycles. The topological polar surface area (TPSA) is 53.3 Å². The lowest BCUT2D eigenvalue weighted by Crippen LogP contribution is -2.37. The second-order valence-electron chi connectivity index (χ2n) is 5.07. The number of nitrogens with zero attached hydrogens (tertiary/aromatic N) is 3. The highest BCUT2D eigenvalue weighted by atomic mass is 16.3. The lowest BCUT2D eigenvalue weighted by Gasteiger charge is -2.19. The lowest BCUT2D eigenvalue weighted by atomic mass is 10.3. The van der Waals surface area contributed by atoms with Crippen molar-refractivity contribution in [2.45, 2.75) is 25.4 Å². The predicted octanol–water partition coefficient (Wildman–Crippen LogP) is 0.00890. The Kier molecular flexibility index (Phi) is 5.16. The van der Waals surface area contributed by atoms with Crippen LogP contribution in [0.5, 0.6) is 0 Å². The van der Waals surface area contributed by atoms with Crippen molar-refractivity contribution < 1.29 is 5.11 Å². The van der Waals surface area contributed by atoms with Crippen LogP contribution in [0.25, 0.3) is 0 Å². The van der Waals surface area contributed by atoms with E-state index in [1.807, 2.05) is 24.0 Å². The summed E-state index contributed by atoms with van der Waals surface area (Å²) in [5, 5.41) is 13.2. The number of hydrogen-bond acceptors (Lipinski definition) is 4. The van der Waals surface area contributed by atoms with E-state index in [2.05, 4.69) is 15.2 Å². The standard InChI is InChI=1S/C13H24N4O/c1-16-9-6-15-13(16)4-5-14-10-12(18)11-17-7-2-3-8-17/h6,9,12,14,18H,2-5,7-8,10-11H2,1H3. The Labute approximate surface area is 109 Å². The molecule has 1 unspecified atom stereocenters. The molecule has 1 aromatic heterocycles. The van der Waals surface area contributed by atoms with E-state index >= 15 is 0 Å². The molecule has 0 aliphatic carbocycles. The van der Waals surface area contributed by atoms with Gasteiger partial charge in [-0.2, -0.15) is 0 Å². The number of aliphatic hydroxyl groups excluding tert-OH is 1. The molecule has 1 aromatic rings. The highest BCUT2D eigenvalue weighted by molar-refractivity contribution is 4.91. The van der Waals surface area contributed by atoms with Crippen LogP contribution < -0.4 is 5.32 Å². The minimum Gasteiger partial charge on any atom is -0.390 e. The molecule has 0 bridgehead atoms. The van der Waals surface area contributed by atoms with Gasteiger partial charge < -0.3 is 19.9 Å². The Morgan fingerprint density at radius 1 is 1.44 bits per heavy atom. The summed E-state index contributed by atoms with van der Waals surface area (Å²) >= 11 is 0. The molecular weight excluding hydrogens is 228 g/mol. The maximum Gasteiger partial charge on any atom is 0.109 e. The fourth-order valence-corrected chi connectivity index (χ4v) is 2.43. The molecule has 2 rings (SSSR count). The van der Waals surface area contributed by atoms with Gasteiger partial charge in [-0.3, -0.25) is 0 Å². The molecule has 2 N–H and O–H groups in total. The van der Waals surface area contributed by atoms with Crippen LogP contribution in [0.1, 0.15) is 18.7 Å². The monoisotopic (exact) mass is 252 g/mol. The number of β-amino-alcohol motifs (C(OH)–C–C–N with tert-alkyl or cyclic N) is 1. The quantitative estimate of drug-likeness (QED) is 0.671. The van der Waals surface area contributed by atoms with E-state index in [1.54, 1.807) is 0 Å². The van der Waals surface area contributed by atoms with Crippen LogP contribution in [-0.2, 0) is 13.5 Å². The average molecular weight is 252 g/mol. The summed E-state index contributed by atoms with van der Waals surface area (Å²) in [6.07, 6.45) is 6.97. The molecule has 1 atom stereocenters. The third kappa shape index (κ3) is 4.08. The molecular formula is C13H24N4O. The number of hydrogen-bond donors (Lipinski definition) is 2. The summed E-state index contributed by atoms with van der Waals surface area (Å²) in [4.78, 5) is 6.61. The Balaban J connectivity index is 1.56. The second-order valence-corrected chi connectivity index (χ2v) is 5.07. The third-order valence-electron chi connectivity index (χ3n) is 3.49. The Morgan fingerprint density at radius 3 is 2.89 bits per heavy atom. The van der Waals surface area contributed by atoms with Crippen LogP contribution in [0.4, 0.5) is 0 Å². The molecule has 102 valence electrons. The zero-order chi connectivity index (χ0) is 12.8. The molecule has 1 saturated heterocycles. The number of nitrogens with one attached hydrogen (secondary N) is 1. The van der Waals surface area contributed by atoms with Crippen molar-refractivity contribution in [1.82, 2.24) is 19.8 Å². The van der Waals surface area contributed by atoms with Gasteiger partial charge in [0.1, 0.15) is 5.82 Å². The smallest absolute Gasteiger partial charge is 0.109 e. The molecule has 18 heavy (non-hydrogen) atoms. The van der Waals surface area contributed by atoms with Crippen molar-refractivity contribution in [3.8, 4) is 0 Å². The highest BCUT2D eigenvalue weighted by Gasteiger charge is 2.15. The number of aryl methyl sites for hydroxylation is 1. The van der Waals surface area contributed by atoms with Gasteiger partial charge in [0.2, 0.25) is 0 Å². The van der Waals surface area contributed by atoms with Crippen molar-refractivity contribution in [2.24, 2.45) is 7.05 Å². The first-order chi connectivity index (χ1) is 8.75. The van der Waals surface area contributed by atoms with E-state index in [0.29, 0.717) is 6.54 Å². The van der Waals surface area contributed by atoms with Gasteiger partial charge in [0, 0.05) is 45.5 Å². The van der Waals surface area contributed by atoms with Crippen molar-refractivity contribution in [3.63, 3.8) is 0 Å². The van der Waals surface area contributed by atoms with Crippen LogP contribution in [-0.4, -0.2) is 58.4 Å². The van der Waals surface area contributed by atoms with Crippen LogP contribution in [0.3, 0.4) is 0 Å². The normalized spacial score (nSPS) is 18.3. The van der Waals surface area contributed by atoms with E-state index in [1.165, 1.54) is 12.8 Å². The fourth-order valence-electron chi connectivity index (χ4n) is 2.43. The number of imidazole rings is 1. The second kappa shape index (κ2) is 6.87. The molecule has 5 nitrogen and oxygen atoms in total. The van der Waals surface area contributed by atoms with E-state index in [0.717, 1.165) is 38.4 Å². The van der Waals surface area contributed by atoms with Gasteiger partial charge in [0.25, 0.3) is 0 Å². The summed E-state index contributed by atoms with van der Waals surface area (Å²) in [5.74, 6) is 1.08. The first-order valence-electron chi connectivity index (χ1n) is 6.83. The van der Waals surface area contributed by atoms with E-state index in [-0.39, 0.29) is 6.10 Å². The van der Waals surface area contributed by atoms with E-state index < -0.39 is 0 Å². The molecule has 0 amide bonds. The van der Waals surface area contributed by atoms with Gasteiger partial charge in [0.05, 0.1) is 6.10 Å². The minimum absolute atomic E-state index is 0.260. The summed E-state index contributed by atoms with van der Waals surface area (Å²) in [6, 6.07) is 0. The maximum absolute atomic E-state index is 9.90. The number of rotatable bonds is 7. The van der Waals surface area contributed by atoms with Crippen LogP contribution in [0.2, 0.25) is 0 Å². The Hall–Kier alpha value is -0.910. The van der Waals surface area contributed by atoms with Crippen LogP contribution in [0.15, 0.2) is 12.4 Å². The summed E-state index contributed by atoms with van der Waals surface area (Å²) < 4.78 is 2.03. The van der Waals surface area contributed by atoms with Gasteiger partial charge >= 0.3 is 0 Å². The summed E-state index contributed by atoms with van der Waals surface area (Å²) in [6.45, 7) is 4.62. The van der Waals surface area contributed by atoms with Gasteiger partial charge in [-0.1, -0.05) is 0 Å². The number of aromatic nitrogens is 2. The van der Waals surface area contributed by atoms with Gasteiger partial charge in [0.15, 0.2) is 0 Å². The third-order valence-corrected chi connectivity index (χ3v) is 3.49. The maximum atomic E-state index is 9.90. The Bertz CT molecular complexity index is 347. The van der Waals surface area contributed by atoms with E-state index in [4.69, 9.17) is 0 Å². The zero-order valence-corrected chi connectivity index (χ0v) is 11.2. The van der Waals surface area contributed by atoms with Crippen LogP contribution in [0, 0.1) is 0 Å². The van der Waals surface area contributed by atoms with Crippen molar-refractivity contribution in [3.05, 3.63) is 18.2 Å². The first-order valence-corrected chi connectivity index (χ1v) is 6.83. The molecule has 0 spiro atoms. The van der Waals surface area contributed by atoms with Gasteiger partial charge in [-0.25, -0.2) is 4.98 Å². The number of aliphatic hydroxyl groups is 1.